The molecule has 3 N–H and O–H groups in total. The Morgan fingerprint density at radius 2 is 1.81 bits per heavy atom. The maximum Gasteiger partial charge on any atom is 0.323 e. The number of carbonyl (C=O) groups is 1. The highest BCUT2D eigenvalue weighted by Gasteiger charge is 2.35. The first-order chi connectivity index (χ1) is 12.2. The summed E-state index contributed by atoms with van der Waals surface area (Å²) in [4.78, 5) is 11.7. The first-order valence-electron chi connectivity index (χ1n) is 8.25. The second-order valence-corrected chi connectivity index (χ2v) is 11.7. The van der Waals surface area contributed by atoms with Gasteiger partial charge in [0, 0.05) is 7.85 Å². The van der Waals surface area contributed by atoms with Crippen molar-refractivity contribution in [3.05, 3.63) is 24.8 Å². The fraction of sp³-hybridized carbons (Fsp3) is 0.588. The van der Waals surface area contributed by atoms with Gasteiger partial charge >= 0.3 is 5.97 Å². The van der Waals surface area contributed by atoms with Crippen molar-refractivity contribution in [1.29, 1.82) is 0 Å². The van der Waals surface area contributed by atoms with E-state index in [0.29, 0.717) is 13.0 Å². The third kappa shape index (κ3) is 6.42. The molecule has 146 valence electrons. The van der Waals surface area contributed by atoms with Crippen LogP contribution in [0.5, 0.6) is 5.75 Å². The second-order valence-electron chi connectivity index (χ2n) is 6.19. The molecule has 3 unspecified atom stereocenters. The summed E-state index contributed by atoms with van der Waals surface area (Å²) in [7, 11) is 0. The lowest BCUT2D eigenvalue weighted by molar-refractivity contribution is -0.144. The quantitative estimate of drug-likeness (QED) is 0.260. The van der Waals surface area contributed by atoms with Gasteiger partial charge in [0.2, 0.25) is 0 Å². The molecule has 0 bridgehead atoms. The van der Waals surface area contributed by atoms with E-state index in [1.54, 1.807) is 6.92 Å². The number of hydrogen-bond acceptors (Lipinski definition) is 5. The first kappa shape index (κ1) is 23.6. The van der Waals surface area contributed by atoms with Crippen molar-refractivity contribution in [2.24, 2.45) is 5.73 Å². The van der Waals surface area contributed by atoms with E-state index in [2.05, 4.69) is 90.4 Å². The molecule has 1 aliphatic rings. The lowest BCUT2D eigenvalue weighted by atomic mass is 9.95. The summed E-state index contributed by atoms with van der Waals surface area (Å²) in [5.41, 5.74) is 6.92. The monoisotopic (exact) mass is 811 g/mol. The molecule has 26 heavy (non-hydrogen) atoms. The Hall–Kier alpha value is 1.33. The van der Waals surface area contributed by atoms with E-state index < -0.39 is 6.04 Å². The normalized spacial score (nSPS) is 27.0. The molecule has 1 aliphatic carbocycles. The van der Waals surface area contributed by atoms with Crippen LogP contribution in [0.15, 0.2) is 12.1 Å². The summed E-state index contributed by atoms with van der Waals surface area (Å²) in [6.07, 6.45) is 1.93. The Morgan fingerprint density at radius 3 is 2.31 bits per heavy atom. The molecule has 1 fully saturated rings. The average Bonchev–Trinajstić information content (AvgIpc) is 2.56. The maximum absolute atomic E-state index is 11.7. The predicted molar refractivity (Wildman–Crippen MR) is 135 cm³/mol. The van der Waals surface area contributed by atoms with E-state index in [1.165, 1.54) is 0 Å². The van der Waals surface area contributed by atoms with Crippen LogP contribution in [0.1, 0.15) is 25.3 Å². The summed E-state index contributed by atoms with van der Waals surface area (Å²) in [6, 6.07) is 3.36. The average molecular weight is 811 g/mol. The van der Waals surface area contributed by atoms with Crippen LogP contribution in [-0.2, 0) is 16.0 Å². The number of hydrogen-bond donors (Lipinski definition) is 2. The van der Waals surface area contributed by atoms with Crippen LogP contribution < -0.4 is 10.5 Å². The molecule has 0 amide bonds. The number of rotatable bonds is 6. The van der Waals surface area contributed by atoms with Crippen LogP contribution >= 0.6 is 90.4 Å². The Labute approximate surface area is 208 Å². The van der Waals surface area contributed by atoms with Gasteiger partial charge in [-0.3, -0.25) is 4.79 Å². The van der Waals surface area contributed by atoms with Crippen molar-refractivity contribution in [3.8, 4) is 5.75 Å². The lowest BCUT2D eigenvalue weighted by Gasteiger charge is -2.34. The molecule has 0 spiro atoms. The van der Waals surface area contributed by atoms with Crippen molar-refractivity contribution in [1.82, 2.24) is 0 Å². The highest BCUT2D eigenvalue weighted by Crippen LogP contribution is 2.36. The first-order valence-corrected chi connectivity index (χ1v) is 12.9. The number of alkyl halides is 2. The summed E-state index contributed by atoms with van der Waals surface area (Å²) in [5, 5.41) is 10.1. The van der Waals surface area contributed by atoms with Crippen LogP contribution in [0.3, 0.4) is 0 Å². The predicted octanol–water partition coefficient (Wildman–Crippen LogP) is 3.84. The number of aliphatic hydroxyl groups excluding tert-OH is 1. The van der Waals surface area contributed by atoms with Crippen LogP contribution in [0, 0.1) is 7.14 Å². The van der Waals surface area contributed by atoms with Gasteiger partial charge < -0.3 is 20.3 Å². The summed E-state index contributed by atoms with van der Waals surface area (Å²) < 4.78 is 13.7. The third-order valence-electron chi connectivity index (χ3n) is 4.10. The summed E-state index contributed by atoms with van der Waals surface area (Å²) in [6.45, 7) is 2.10. The molecule has 5 nitrogen and oxygen atoms in total. The van der Waals surface area contributed by atoms with Gasteiger partial charge in [0.25, 0.3) is 0 Å². The minimum atomic E-state index is -0.660. The zero-order valence-corrected chi connectivity index (χ0v) is 22.8. The molecule has 2 rings (SSSR count). The molecule has 3 atom stereocenters. The molecule has 1 aromatic carbocycles. The van der Waals surface area contributed by atoms with Gasteiger partial charge in [-0.25, -0.2) is 0 Å². The Morgan fingerprint density at radius 1 is 1.27 bits per heavy atom. The Kier molecular flexibility index (Phi) is 9.92. The number of esters is 1. The SMILES string of the molecule is CCOC(=O)C(N)Cc1cc(I)c(OC2CC(I)C(O)C(I)C2)c(I)c1. The Balaban J connectivity index is 2.08. The number of nitrogens with two attached hydrogens (primary N) is 1. The van der Waals surface area contributed by atoms with Gasteiger partial charge in [0.1, 0.15) is 17.9 Å². The number of aliphatic hydroxyl groups is 1. The number of benzene rings is 1. The standard InChI is InChI=1S/C17H21I4NO4/c1-2-25-17(24)14(22)5-8-3-12(20)16(13(21)4-8)26-9-6-10(18)15(23)11(19)7-9/h3-4,9-11,14-15,23H,2,5-7,22H2,1H3. The van der Waals surface area contributed by atoms with Crippen LogP contribution in [0.2, 0.25) is 0 Å². The van der Waals surface area contributed by atoms with E-state index in [0.717, 1.165) is 31.3 Å². The van der Waals surface area contributed by atoms with Crippen molar-refractivity contribution >= 4 is 96.3 Å². The van der Waals surface area contributed by atoms with Crippen molar-refractivity contribution in [2.75, 3.05) is 6.61 Å². The summed E-state index contributed by atoms with van der Waals surface area (Å²) >= 11 is 9.14. The molecule has 0 aromatic heterocycles. The zero-order valence-electron chi connectivity index (χ0n) is 14.1. The molecule has 0 saturated heterocycles. The lowest BCUT2D eigenvalue weighted by Crippen LogP contribution is -2.42. The highest BCUT2D eigenvalue weighted by atomic mass is 127. The highest BCUT2D eigenvalue weighted by molar-refractivity contribution is 14.1. The van der Waals surface area contributed by atoms with Gasteiger partial charge in [-0.15, -0.1) is 0 Å². The topological polar surface area (TPSA) is 81.8 Å². The van der Waals surface area contributed by atoms with E-state index in [4.69, 9.17) is 15.2 Å². The number of ether oxygens (including phenoxy) is 2. The van der Waals surface area contributed by atoms with Crippen LogP contribution in [0.25, 0.3) is 0 Å². The second kappa shape index (κ2) is 10.9. The molecule has 1 aromatic rings. The van der Waals surface area contributed by atoms with E-state index in [-0.39, 0.29) is 26.0 Å². The van der Waals surface area contributed by atoms with Gasteiger partial charge in [0.05, 0.1) is 19.9 Å². The van der Waals surface area contributed by atoms with E-state index in [1.807, 2.05) is 12.1 Å². The van der Waals surface area contributed by atoms with Gasteiger partial charge in [-0.05, 0) is 89.1 Å². The number of carbonyl (C=O) groups excluding carboxylic acids is 1. The van der Waals surface area contributed by atoms with Crippen molar-refractivity contribution < 1.29 is 19.4 Å². The molecular formula is C17H21I4NO4. The van der Waals surface area contributed by atoms with Crippen LogP contribution in [-0.4, -0.2) is 43.8 Å². The summed E-state index contributed by atoms with van der Waals surface area (Å²) in [5.74, 6) is 0.494. The molecule has 1 saturated carbocycles. The number of halogens is 4. The molecule has 9 heteroatoms. The largest absolute Gasteiger partial charge is 0.488 e. The van der Waals surface area contributed by atoms with Crippen LogP contribution in [0.4, 0.5) is 0 Å². The maximum atomic E-state index is 11.7. The van der Waals surface area contributed by atoms with E-state index >= 15 is 0 Å². The Bertz CT molecular complexity index is 610. The molecule has 0 aliphatic heterocycles. The molecule has 0 heterocycles. The van der Waals surface area contributed by atoms with Gasteiger partial charge in [-0.1, -0.05) is 45.2 Å². The molecule has 0 radical (unpaired) electrons. The van der Waals surface area contributed by atoms with Crippen molar-refractivity contribution in [2.45, 2.75) is 52.3 Å². The van der Waals surface area contributed by atoms with Gasteiger partial charge in [0.15, 0.2) is 0 Å². The third-order valence-corrected chi connectivity index (χ3v) is 8.20. The minimum Gasteiger partial charge on any atom is -0.488 e. The smallest absolute Gasteiger partial charge is 0.323 e. The zero-order chi connectivity index (χ0) is 19.4. The van der Waals surface area contributed by atoms with Crippen molar-refractivity contribution in [3.63, 3.8) is 0 Å². The van der Waals surface area contributed by atoms with Gasteiger partial charge in [-0.2, -0.15) is 0 Å². The molecular weight excluding hydrogens is 790 g/mol. The van der Waals surface area contributed by atoms with E-state index in [9.17, 15) is 9.90 Å². The fourth-order valence-corrected chi connectivity index (χ4v) is 7.88. The fourth-order valence-electron chi connectivity index (χ4n) is 2.80. The minimum absolute atomic E-state index is 0.0943.